The zero-order valence-electron chi connectivity index (χ0n) is 18.5. The molecule has 0 unspecified atom stereocenters. The predicted octanol–water partition coefficient (Wildman–Crippen LogP) is 4.32. The maximum absolute atomic E-state index is 13.2. The SMILES string of the molecule is CCN(Cc1cccc(NC(=O)c2cc(C3CC3)nc3c2c(C)nn3C)c1)C(=O)C(F)(F)F. The highest BCUT2D eigenvalue weighted by molar-refractivity contribution is 6.12. The van der Waals surface area contributed by atoms with E-state index in [2.05, 4.69) is 10.4 Å². The molecule has 2 aromatic heterocycles. The van der Waals surface area contributed by atoms with Crippen molar-refractivity contribution in [1.82, 2.24) is 19.7 Å². The first kappa shape index (κ1) is 22.8. The molecule has 174 valence electrons. The van der Waals surface area contributed by atoms with E-state index in [1.165, 1.54) is 6.92 Å². The van der Waals surface area contributed by atoms with Gasteiger partial charge >= 0.3 is 12.1 Å². The third-order valence-electron chi connectivity index (χ3n) is 5.70. The molecule has 0 saturated heterocycles. The number of nitrogens with one attached hydrogen (secondary N) is 1. The van der Waals surface area contributed by atoms with Crippen LogP contribution in [0.3, 0.4) is 0 Å². The molecule has 33 heavy (non-hydrogen) atoms. The van der Waals surface area contributed by atoms with Gasteiger partial charge in [0.15, 0.2) is 5.65 Å². The van der Waals surface area contributed by atoms with E-state index >= 15 is 0 Å². The van der Waals surface area contributed by atoms with Gasteiger partial charge in [-0.2, -0.15) is 18.3 Å². The second-order valence-corrected chi connectivity index (χ2v) is 8.25. The smallest absolute Gasteiger partial charge is 0.331 e. The van der Waals surface area contributed by atoms with Gasteiger partial charge < -0.3 is 10.2 Å². The van der Waals surface area contributed by atoms with Gasteiger partial charge in [-0.3, -0.25) is 14.3 Å². The van der Waals surface area contributed by atoms with E-state index in [1.54, 1.807) is 42.1 Å². The molecule has 7 nitrogen and oxygen atoms in total. The second kappa shape index (κ2) is 8.49. The molecule has 1 fully saturated rings. The average molecular weight is 459 g/mol. The van der Waals surface area contributed by atoms with Crippen molar-refractivity contribution >= 4 is 28.5 Å². The van der Waals surface area contributed by atoms with Crippen LogP contribution in [0.4, 0.5) is 18.9 Å². The van der Waals surface area contributed by atoms with E-state index in [-0.39, 0.29) is 19.0 Å². The van der Waals surface area contributed by atoms with Gasteiger partial charge in [0.25, 0.3) is 5.91 Å². The molecular weight excluding hydrogens is 435 g/mol. The van der Waals surface area contributed by atoms with E-state index in [0.29, 0.717) is 44.4 Å². The molecule has 1 saturated carbocycles. The summed E-state index contributed by atoms with van der Waals surface area (Å²) in [5, 5.41) is 7.90. The fourth-order valence-electron chi connectivity index (χ4n) is 3.90. The van der Waals surface area contributed by atoms with E-state index in [1.807, 2.05) is 6.92 Å². The zero-order valence-corrected chi connectivity index (χ0v) is 18.5. The first-order chi connectivity index (χ1) is 15.6. The number of carbonyl (C=O) groups excluding carboxylic acids is 2. The highest BCUT2D eigenvalue weighted by Crippen LogP contribution is 2.40. The van der Waals surface area contributed by atoms with E-state index in [9.17, 15) is 22.8 Å². The number of anilines is 1. The minimum atomic E-state index is -4.94. The summed E-state index contributed by atoms with van der Waals surface area (Å²) in [4.78, 5) is 30.2. The van der Waals surface area contributed by atoms with Crippen LogP contribution < -0.4 is 5.32 Å². The van der Waals surface area contributed by atoms with Crippen molar-refractivity contribution in [2.45, 2.75) is 45.3 Å². The third kappa shape index (κ3) is 4.69. The van der Waals surface area contributed by atoms with Gasteiger partial charge in [-0.15, -0.1) is 0 Å². The first-order valence-corrected chi connectivity index (χ1v) is 10.7. The summed E-state index contributed by atoms with van der Waals surface area (Å²) in [7, 11) is 1.78. The predicted molar refractivity (Wildman–Crippen MR) is 117 cm³/mol. The summed E-state index contributed by atoms with van der Waals surface area (Å²) in [6, 6.07) is 8.27. The summed E-state index contributed by atoms with van der Waals surface area (Å²) in [5.74, 6) is -1.90. The van der Waals surface area contributed by atoms with E-state index < -0.39 is 12.1 Å². The summed E-state index contributed by atoms with van der Waals surface area (Å²) in [6.07, 6.45) is -2.87. The molecule has 0 bridgehead atoms. The largest absolute Gasteiger partial charge is 0.471 e. The summed E-state index contributed by atoms with van der Waals surface area (Å²) in [5.41, 5.74) is 3.54. The summed E-state index contributed by atoms with van der Waals surface area (Å²) in [6.45, 7) is 2.99. The van der Waals surface area contributed by atoms with Crippen LogP contribution in [0.2, 0.25) is 0 Å². The Balaban J connectivity index is 1.60. The molecule has 0 atom stereocenters. The van der Waals surface area contributed by atoms with Gasteiger partial charge in [0.05, 0.1) is 16.6 Å². The lowest BCUT2D eigenvalue weighted by molar-refractivity contribution is -0.185. The minimum absolute atomic E-state index is 0.0891. The molecule has 0 radical (unpaired) electrons. The Hall–Kier alpha value is -3.43. The van der Waals surface area contributed by atoms with Crippen LogP contribution in [0.15, 0.2) is 30.3 Å². The Labute approximate surface area is 188 Å². The van der Waals surface area contributed by atoms with Crippen molar-refractivity contribution in [1.29, 1.82) is 0 Å². The lowest BCUT2D eigenvalue weighted by Gasteiger charge is -2.22. The molecule has 3 aromatic rings. The van der Waals surface area contributed by atoms with Crippen LogP contribution in [-0.4, -0.2) is 44.2 Å². The van der Waals surface area contributed by atoms with Crippen molar-refractivity contribution in [3.63, 3.8) is 0 Å². The van der Waals surface area contributed by atoms with Gasteiger partial charge in [0, 0.05) is 37.4 Å². The lowest BCUT2D eigenvalue weighted by Crippen LogP contribution is -2.40. The molecule has 1 aliphatic rings. The fourth-order valence-corrected chi connectivity index (χ4v) is 3.90. The Morgan fingerprint density at radius 3 is 2.61 bits per heavy atom. The third-order valence-corrected chi connectivity index (χ3v) is 5.70. The van der Waals surface area contributed by atoms with Gasteiger partial charge in [-0.05, 0) is 50.5 Å². The number of fused-ring (bicyclic) bond motifs is 1. The Morgan fingerprint density at radius 2 is 1.97 bits per heavy atom. The number of aromatic nitrogens is 3. The Morgan fingerprint density at radius 1 is 1.24 bits per heavy atom. The molecule has 0 aliphatic heterocycles. The number of alkyl halides is 3. The number of rotatable bonds is 6. The number of hydrogen-bond acceptors (Lipinski definition) is 4. The number of carbonyl (C=O) groups is 2. The zero-order chi connectivity index (χ0) is 23.9. The number of amides is 2. The molecule has 2 amide bonds. The van der Waals surface area contributed by atoms with E-state index in [0.717, 1.165) is 18.5 Å². The van der Waals surface area contributed by atoms with Crippen LogP contribution in [0.25, 0.3) is 11.0 Å². The number of nitrogens with zero attached hydrogens (tertiary/aromatic N) is 4. The lowest BCUT2D eigenvalue weighted by atomic mass is 10.1. The normalized spacial score (nSPS) is 13.9. The Kier molecular flexibility index (Phi) is 5.85. The highest BCUT2D eigenvalue weighted by Gasteiger charge is 2.41. The number of benzene rings is 1. The van der Waals surface area contributed by atoms with Gasteiger partial charge in [-0.25, -0.2) is 4.98 Å². The van der Waals surface area contributed by atoms with Crippen LogP contribution in [0.1, 0.15) is 53.0 Å². The molecule has 1 aromatic carbocycles. The van der Waals surface area contributed by atoms with E-state index in [4.69, 9.17) is 4.98 Å². The van der Waals surface area contributed by atoms with Crippen molar-refractivity contribution < 1.29 is 22.8 Å². The van der Waals surface area contributed by atoms with Crippen LogP contribution in [-0.2, 0) is 18.4 Å². The Bertz CT molecular complexity index is 1230. The van der Waals surface area contributed by atoms with Crippen molar-refractivity contribution in [3.05, 3.63) is 52.8 Å². The number of aryl methyl sites for hydroxylation is 2. The summed E-state index contributed by atoms with van der Waals surface area (Å²) < 4.78 is 40.1. The van der Waals surface area contributed by atoms with Crippen molar-refractivity contribution in [2.24, 2.45) is 7.05 Å². The number of pyridine rings is 1. The molecule has 10 heteroatoms. The second-order valence-electron chi connectivity index (χ2n) is 8.25. The van der Waals surface area contributed by atoms with Crippen molar-refractivity contribution in [2.75, 3.05) is 11.9 Å². The maximum atomic E-state index is 13.2. The standard InChI is InChI=1S/C23H24F3N5O2/c1-4-31(22(33)23(24,25)26)12-14-6-5-7-16(10-14)27-21(32)17-11-18(15-8-9-15)28-20-19(17)13(2)29-30(20)3/h5-7,10-11,15H,4,8-9,12H2,1-3H3,(H,27,32). The molecule has 4 rings (SSSR count). The van der Waals surface area contributed by atoms with Crippen LogP contribution in [0.5, 0.6) is 0 Å². The molecule has 0 spiro atoms. The number of hydrogen-bond donors (Lipinski definition) is 1. The molecular formula is C23H24F3N5O2. The monoisotopic (exact) mass is 459 g/mol. The first-order valence-electron chi connectivity index (χ1n) is 10.7. The number of halogens is 3. The van der Waals surface area contributed by atoms with Gasteiger partial charge in [0.1, 0.15) is 0 Å². The molecule has 1 aliphatic carbocycles. The maximum Gasteiger partial charge on any atom is 0.471 e. The van der Waals surface area contributed by atoms with Crippen molar-refractivity contribution in [3.8, 4) is 0 Å². The van der Waals surface area contributed by atoms with Gasteiger partial charge in [-0.1, -0.05) is 12.1 Å². The van der Waals surface area contributed by atoms with Crippen LogP contribution in [0, 0.1) is 6.92 Å². The fraction of sp³-hybridized carbons (Fsp3) is 0.391. The minimum Gasteiger partial charge on any atom is -0.331 e. The summed E-state index contributed by atoms with van der Waals surface area (Å²) >= 11 is 0. The molecule has 1 N–H and O–H groups in total. The van der Waals surface area contributed by atoms with Crippen LogP contribution >= 0.6 is 0 Å². The topological polar surface area (TPSA) is 80.1 Å². The average Bonchev–Trinajstić information content (AvgIpc) is 3.57. The highest BCUT2D eigenvalue weighted by atomic mass is 19.4. The quantitative estimate of drug-likeness (QED) is 0.596. The molecule has 2 heterocycles. The van der Waals surface area contributed by atoms with Gasteiger partial charge in [0.2, 0.25) is 0 Å².